The number of sulfonamides is 1. The Morgan fingerprint density at radius 3 is 2.40 bits per heavy atom. The van der Waals surface area contributed by atoms with Crippen molar-refractivity contribution in [3.8, 4) is 0 Å². The van der Waals surface area contributed by atoms with E-state index < -0.39 is 37.1 Å². The minimum atomic E-state index is -4.06. The minimum Gasteiger partial charge on any atom is -0.346 e. The molecule has 2 aromatic rings. The zero-order valence-electron chi connectivity index (χ0n) is 16.2. The molecule has 0 bridgehead atoms. The molecule has 1 fully saturated rings. The number of benzene rings is 2. The molecule has 1 amide bonds. The van der Waals surface area contributed by atoms with Crippen LogP contribution in [0.25, 0.3) is 0 Å². The van der Waals surface area contributed by atoms with Crippen molar-refractivity contribution in [1.29, 1.82) is 0 Å². The molecule has 1 saturated heterocycles. The van der Waals surface area contributed by atoms with Gasteiger partial charge in [-0.2, -0.15) is 0 Å². The van der Waals surface area contributed by atoms with Crippen LogP contribution < -0.4 is 9.62 Å². The van der Waals surface area contributed by atoms with Gasteiger partial charge in [0.2, 0.25) is 0 Å². The second-order valence-electron chi connectivity index (χ2n) is 7.45. The first-order valence-corrected chi connectivity index (χ1v) is 12.5. The highest BCUT2D eigenvalue weighted by molar-refractivity contribution is 7.92. The molecular weight excluding hydrogens is 455 g/mol. The monoisotopic (exact) mass is 474 g/mol. The van der Waals surface area contributed by atoms with Crippen LogP contribution >= 0.6 is 11.6 Å². The Kier molecular flexibility index (Phi) is 5.87. The average Bonchev–Trinajstić information content (AvgIpc) is 2.94. The van der Waals surface area contributed by atoms with Crippen LogP contribution in [0.1, 0.15) is 23.7 Å². The molecule has 7 nitrogen and oxygen atoms in total. The van der Waals surface area contributed by atoms with Gasteiger partial charge >= 0.3 is 0 Å². The maximum atomic E-state index is 13.1. The Morgan fingerprint density at radius 2 is 1.83 bits per heavy atom. The van der Waals surface area contributed by atoms with E-state index in [9.17, 15) is 26.0 Å². The number of carbonyl (C=O) groups excluding carboxylic acids is 1. The van der Waals surface area contributed by atoms with Crippen LogP contribution in [0, 0.1) is 5.82 Å². The van der Waals surface area contributed by atoms with Crippen molar-refractivity contribution in [2.45, 2.75) is 23.8 Å². The molecule has 0 spiro atoms. The lowest BCUT2D eigenvalue weighted by molar-refractivity contribution is 0.0915. The van der Waals surface area contributed by atoms with Crippen molar-refractivity contribution in [3.63, 3.8) is 0 Å². The lowest BCUT2D eigenvalue weighted by atomic mass is 10.0. The quantitative estimate of drug-likeness (QED) is 0.717. The lowest BCUT2D eigenvalue weighted by Gasteiger charge is -2.24. The molecule has 3 rings (SSSR count). The lowest BCUT2D eigenvalue weighted by Crippen LogP contribution is -2.47. The number of hydrogen-bond donors (Lipinski definition) is 1. The second-order valence-corrected chi connectivity index (χ2v) is 12.0. The van der Waals surface area contributed by atoms with E-state index in [1.165, 1.54) is 31.3 Å². The van der Waals surface area contributed by atoms with Crippen molar-refractivity contribution in [3.05, 3.63) is 58.9 Å². The summed E-state index contributed by atoms with van der Waals surface area (Å²) >= 11 is 6.11. The zero-order valence-corrected chi connectivity index (χ0v) is 18.6. The predicted molar refractivity (Wildman–Crippen MR) is 113 cm³/mol. The van der Waals surface area contributed by atoms with Gasteiger partial charge in [0.05, 0.1) is 38.2 Å². The molecule has 0 aromatic heterocycles. The van der Waals surface area contributed by atoms with Crippen molar-refractivity contribution in [1.82, 2.24) is 5.32 Å². The number of amides is 1. The van der Waals surface area contributed by atoms with Gasteiger partial charge in [-0.1, -0.05) is 11.6 Å². The fourth-order valence-corrected chi connectivity index (χ4v) is 6.76. The summed E-state index contributed by atoms with van der Waals surface area (Å²) in [5.41, 5.74) is -0.809. The summed E-state index contributed by atoms with van der Waals surface area (Å²) in [5, 5.41) is 2.69. The van der Waals surface area contributed by atoms with E-state index in [0.717, 1.165) is 22.5 Å². The van der Waals surface area contributed by atoms with E-state index in [1.807, 2.05) is 0 Å². The number of anilines is 1. The standard InChI is InChI=1S/C19H20ClFN2O5S2/c1-19(9-10-29(25,26)12-19)22-18(24)16-11-15(7-8-17(16)20)30(27,28)23(2)14-5-3-13(21)4-6-14/h3-8,11H,9-10,12H2,1-2H3,(H,22,24)/t19-/m0/s1. The third-order valence-electron chi connectivity index (χ3n) is 4.95. The molecular formula is C19H20ClFN2O5S2. The van der Waals surface area contributed by atoms with Crippen LogP contribution in [0.4, 0.5) is 10.1 Å². The minimum absolute atomic E-state index is 0.0281. The highest BCUT2D eigenvalue weighted by Crippen LogP contribution is 2.28. The van der Waals surface area contributed by atoms with E-state index >= 15 is 0 Å². The molecule has 1 aliphatic rings. The molecule has 1 aliphatic heterocycles. The Labute approximate surface area is 179 Å². The number of nitrogens with one attached hydrogen (secondary N) is 1. The molecule has 1 N–H and O–H groups in total. The van der Waals surface area contributed by atoms with E-state index in [1.54, 1.807) is 6.92 Å². The third-order valence-corrected chi connectivity index (χ3v) is 8.96. The van der Waals surface area contributed by atoms with Crippen LogP contribution in [0.5, 0.6) is 0 Å². The Bertz CT molecular complexity index is 1200. The molecule has 11 heteroatoms. The number of sulfone groups is 1. The van der Waals surface area contributed by atoms with Crippen LogP contribution in [-0.4, -0.2) is 46.8 Å². The van der Waals surface area contributed by atoms with Gasteiger partial charge in [0.25, 0.3) is 15.9 Å². The van der Waals surface area contributed by atoms with Gasteiger partial charge in [0, 0.05) is 7.05 Å². The third kappa shape index (κ3) is 4.60. The number of halogens is 2. The number of nitrogens with zero attached hydrogens (tertiary/aromatic N) is 1. The van der Waals surface area contributed by atoms with Crippen molar-refractivity contribution >= 4 is 43.1 Å². The van der Waals surface area contributed by atoms with Gasteiger partial charge in [-0.3, -0.25) is 9.10 Å². The summed E-state index contributed by atoms with van der Waals surface area (Å²) in [5.74, 6) is -1.40. The van der Waals surface area contributed by atoms with Crippen LogP contribution in [-0.2, 0) is 19.9 Å². The van der Waals surface area contributed by atoms with Gasteiger partial charge in [0.1, 0.15) is 5.82 Å². The summed E-state index contributed by atoms with van der Waals surface area (Å²) in [6.45, 7) is 1.62. The smallest absolute Gasteiger partial charge is 0.264 e. The van der Waals surface area contributed by atoms with Crippen LogP contribution in [0.2, 0.25) is 5.02 Å². The number of rotatable bonds is 5. The molecule has 162 valence electrons. The van der Waals surface area contributed by atoms with Gasteiger partial charge in [-0.25, -0.2) is 21.2 Å². The highest BCUT2D eigenvalue weighted by atomic mass is 35.5. The number of carbonyl (C=O) groups is 1. The maximum absolute atomic E-state index is 13.1. The first-order chi connectivity index (χ1) is 13.8. The first kappa shape index (κ1) is 22.5. The molecule has 1 heterocycles. The highest BCUT2D eigenvalue weighted by Gasteiger charge is 2.40. The average molecular weight is 475 g/mol. The molecule has 0 aliphatic carbocycles. The molecule has 30 heavy (non-hydrogen) atoms. The van der Waals surface area contributed by atoms with Crippen molar-refractivity contribution in [2.24, 2.45) is 0 Å². The van der Waals surface area contributed by atoms with Crippen molar-refractivity contribution in [2.75, 3.05) is 22.9 Å². The Balaban J connectivity index is 1.90. The summed E-state index contributed by atoms with van der Waals surface area (Å²) in [7, 11) is -6.00. The zero-order chi connectivity index (χ0) is 22.3. The topological polar surface area (TPSA) is 101 Å². The Morgan fingerprint density at radius 1 is 1.20 bits per heavy atom. The van der Waals surface area contributed by atoms with Gasteiger partial charge in [-0.05, 0) is 55.8 Å². The van der Waals surface area contributed by atoms with Crippen LogP contribution in [0.15, 0.2) is 47.4 Å². The van der Waals surface area contributed by atoms with E-state index in [-0.39, 0.29) is 39.1 Å². The molecule has 0 radical (unpaired) electrons. The predicted octanol–water partition coefficient (Wildman–Crippen LogP) is 2.61. The van der Waals surface area contributed by atoms with E-state index in [2.05, 4.69) is 5.32 Å². The molecule has 0 saturated carbocycles. The van der Waals surface area contributed by atoms with Crippen LogP contribution in [0.3, 0.4) is 0 Å². The van der Waals surface area contributed by atoms with Gasteiger partial charge < -0.3 is 5.32 Å². The van der Waals surface area contributed by atoms with Crippen molar-refractivity contribution < 1.29 is 26.0 Å². The second kappa shape index (κ2) is 7.82. The van der Waals surface area contributed by atoms with Gasteiger partial charge in [0.15, 0.2) is 9.84 Å². The molecule has 2 aromatic carbocycles. The maximum Gasteiger partial charge on any atom is 0.264 e. The Hall–Kier alpha value is -2.17. The van der Waals surface area contributed by atoms with E-state index in [4.69, 9.17) is 11.6 Å². The van der Waals surface area contributed by atoms with E-state index in [0.29, 0.717) is 0 Å². The number of hydrogen-bond acceptors (Lipinski definition) is 5. The summed E-state index contributed by atoms with van der Waals surface area (Å²) < 4.78 is 63.6. The first-order valence-electron chi connectivity index (χ1n) is 8.90. The summed E-state index contributed by atoms with van der Waals surface area (Å²) in [6.07, 6.45) is 0.254. The summed E-state index contributed by atoms with van der Waals surface area (Å²) in [6, 6.07) is 8.60. The molecule has 0 unspecified atom stereocenters. The fourth-order valence-electron chi connectivity index (χ4n) is 3.24. The normalized spacial score (nSPS) is 20.7. The SMILES string of the molecule is CN(c1ccc(F)cc1)S(=O)(=O)c1ccc(Cl)c(C(=O)N[C@@]2(C)CCS(=O)(=O)C2)c1. The van der Waals surface area contributed by atoms with Gasteiger partial charge in [-0.15, -0.1) is 0 Å². The molecule has 1 atom stereocenters. The fraction of sp³-hybridized carbons (Fsp3) is 0.316. The summed E-state index contributed by atoms with van der Waals surface area (Å²) in [4.78, 5) is 12.6. The largest absolute Gasteiger partial charge is 0.346 e.